The van der Waals surface area contributed by atoms with Gasteiger partial charge >= 0.3 is 0 Å². The average Bonchev–Trinajstić information content (AvgIpc) is 3.41. The molecule has 0 bridgehead atoms. The first kappa shape index (κ1) is 31.2. The zero-order valence-corrected chi connectivity index (χ0v) is 25.8. The first-order chi connectivity index (χ1) is 21.0. The van der Waals surface area contributed by atoms with E-state index in [9.17, 15) is 18.0 Å². The SMILES string of the molecule is C=C(C)C/C=C(/c1cccc(C(F)(F)CC)c1)c1ncc(C(=O)N2CCC(c3nc4ccccc4n3C(C)F)CC2)cc1C. The Balaban J connectivity index is 1.36. The number of allylic oxidation sites excluding steroid dienone is 2. The first-order valence-corrected chi connectivity index (χ1v) is 15.2. The first-order valence-electron chi connectivity index (χ1n) is 15.2. The van der Waals surface area contributed by atoms with Gasteiger partial charge in [-0.3, -0.25) is 14.3 Å². The van der Waals surface area contributed by atoms with Crippen LogP contribution in [0.3, 0.4) is 0 Å². The lowest BCUT2D eigenvalue weighted by Crippen LogP contribution is -2.38. The number of hydrogen-bond acceptors (Lipinski definition) is 3. The van der Waals surface area contributed by atoms with Crippen molar-refractivity contribution in [3.05, 3.63) is 113 Å². The largest absolute Gasteiger partial charge is 0.339 e. The highest BCUT2D eigenvalue weighted by molar-refractivity contribution is 5.95. The summed E-state index contributed by atoms with van der Waals surface area (Å²) in [4.78, 5) is 24.8. The van der Waals surface area contributed by atoms with E-state index in [1.165, 1.54) is 26.0 Å². The van der Waals surface area contributed by atoms with Crippen LogP contribution in [0.4, 0.5) is 13.2 Å². The van der Waals surface area contributed by atoms with Gasteiger partial charge in [-0.1, -0.05) is 55.5 Å². The van der Waals surface area contributed by atoms with Crippen molar-refractivity contribution in [2.75, 3.05) is 13.1 Å². The second-order valence-electron chi connectivity index (χ2n) is 11.8. The molecule has 4 aromatic rings. The minimum Gasteiger partial charge on any atom is -0.339 e. The van der Waals surface area contributed by atoms with Crippen LogP contribution in [0.2, 0.25) is 0 Å². The van der Waals surface area contributed by atoms with E-state index in [2.05, 4.69) is 6.58 Å². The van der Waals surface area contributed by atoms with Crippen LogP contribution < -0.4 is 0 Å². The number of halogens is 3. The lowest BCUT2D eigenvalue weighted by Gasteiger charge is -2.32. The van der Waals surface area contributed by atoms with Crippen molar-refractivity contribution in [1.82, 2.24) is 19.4 Å². The number of para-hydroxylation sites is 2. The Morgan fingerprint density at radius 3 is 2.50 bits per heavy atom. The molecule has 5 nitrogen and oxygen atoms in total. The van der Waals surface area contributed by atoms with Crippen LogP contribution in [-0.4, -0.2) is 38.4 Å². The molecule has 0 spiro atoms. The lowest BCUT2D eigenvalue weighted by atomic mass is 9.93. The molecule has 0 saturated carbocycles. The number of hydrogen-bond donors (Lipinski definition) is 0. The average molecular weight is 601 g/mol. The molecule has 8 heteroatoms. The lowest BCUT2D eigenvalue weighted by molar-refractivity contribution is -0.00831. The number of pyridine rings is 1. The van der Waals surface area contributed by atoms with Gasteiger partial charge in [-0.2, -0.15) is 0 Å². The zero-order chi connectivity index (χ0) is 31.6. The van der Waals surface area contributed by atoms with Gasteiger partial charge in [0.15, 0.2) is 6.30 Å². The number of amides is 1. The summed E-state index contributed by atoms with van der Waals surface area (Å²) in [5.74, 6) is -2.28. The molecule has 230 valence electrons. The van der Waals surface area contributed by atoms with Gasteiger partial charge in [0, 0.05) is 42.8 Å². The van der Waals surface area contributed by atoms with Gasteiger partial charge in [-0.05, 0) is 75.4 Å². The summed E-state index contributed by atoms with van der Waals surface area (Å²) >= 11 is 0. The third-order valence-corrected chi connectivity index (χ3v) is 8.40. The van der Waals surface area contributed by atoms with Crippen molar-refractivity contribution in [3.63, 3.8) is 0 Å². The molecular weight excluding hydrogens is 561 g/mol. The molecule has 1 amide bonds. The number of alkyl halides is 3. The van der Waals surface area contributed by atoms with Crippen molar-refractivity contribution in [2.24, 2.45) is 0 Å². The molecule has 1 atom stereocenters. The highest BCUT2D eigenvalue weighted by Gasteiger charge is 2.31. The van der Waals surface area contributed by atoms with Crippen molar-refractivity contribution < 1.29 is 18.0 Å². The monoisotopic (exact) mass is 600 g/mol. The quantitative estimate of drug-likeness (QED) is 0.180. The summed E-state index contributed by atoms with van der Waals surface area (Å²) in [6.45, 7) is 11.8. The minimum atomic E-state index is -2.93. The summed E-state index contributed by atoms with van der Waals surface area (Å²) < 4.78 is 45.4. The number of imidazole rings is 1. The van der Waals surface area contributed by atoms with Crippen molar-refractivity contribution in [2.45, 2.75) is 71.5 Å². The number of rotatable bonds is 9. The van der Waals surface area contributed by atoms with Crippen LogP contribution >= 0.6 is 0 Å². The summed E-state index contributed by atoms with van der Waals surface area (Å²) in [6, 6.07) is 15.8. The molecule has 3 heterocycles. The molecule has 0 radical (unpaired) electrons. The zero-order valence-electron chi connectivity index (χ0n) is 25.8. The minimum absolute atomic E-state index is 0.0388. The fraction of sp³-hybridized carbons (Fsp3) is 0.361. The Kier molecular flexibility index (Phi) is 9.09. The number of carbonyl (C=O) groups is 1. The highest BCUT2D eigenvalue weighted by atomic mass is 19.3. The van der Waals surface area contributed by atoms with Crippen LogP contribution in [0.25, 0.3) is 16.6 Å². The van der Waals surface area contributed by atoms with Crippen LogP contribution in [0.1, 0.15) is 97.2 Å². The van der Waals surface area contributed by atoms with Crippen LogP contribution in [-0.2, 0) is 5.92 Å². The normalized spacial score (nSPS) is 15.5. The second-order valence-corrected chi connectivity index (χ2v) is 11.8. The predicted molar refractivity (Wildman–Crippen MR) is 170 cm³/mol. The topological polar surface area (TPSA) is 51.0 Å². The van der Waals surface area contributed by atoms with E-state index in [0.717, 1.165) is 33.6 Å². The molecule has 1 saturated heterocycles. The third-order valence-electron chi connectivity index (χ3n) is 8.40. The second kappa shape index (κ2) is 12.8. The van der Waals surface area contributed by atoms with E-state index < -0.39 is 12.2 Å². The Bertz CT molecular complexity index is 1710. The number of aryl methyl sites for hydroxylation is 1. The van der Waals surface area contributed by atoms with Gasteiger partial charge in [0.2, 0.25) is 0 Å². The van der Waals surface area contributed by atoms with Crippen molar-refractivity contribution in [3.8, 4) is 0 Å². The molecule has 44 heavy (non-hydrogen) atoms. The van der Waals surface area contributed by atoms with E-state index >= 15 is 0 Å². The Labute approximate surface area is 257 Å². The maximum atomic E-state index is 14.7. The molecule has 2 aromatic heterocycles. The number of nitrogens with zero attached hydrogens (tertiary/aromatic N) is 4. The summed E-state index contributed by atoms with van der Waals surface area (Å²) in [7, 11) is 0. The van der Waals surface area contributed by atoms with E-state index in [1.54, 1.807) is 16.8 Å². The fourth-order valence-corrected chi connectivity index (χ4v) is 5.97. The number of aromatic nitrogens is 3. The maximum absolute atomic E-state index is 14.7. The highest BCUT2D eigenvalue weighted by Crippen LogP contribution is 2.36. The van der Waals surface area contributed by atoms with Crippen molar-refractivity contribution in [1.29, 1.82) is 0 Å². The number of piperidine rings is 1. The fourth-order valence-electron chi connectivity index (χ4n) is 5.97. The molecule has 2 aromatic carbocycles. The Hall–Kier alpha value is -4.20. The molecule has 1 aliphatic heterocycles. The van der Waals surface area contributed by atoms with Crippen LogP contribution in [0.5, 0.6) is 0 Å². The Morgan fingerprint density at radius 2 is 1.84 bits per heavy atom. The molecule has 0 aliphatic carbocycles. The van der Waals surface area contributed by atoms with Gasteiger partial charge < -0.3 is 4.90 Å². The standard InChI is InChI=1S/C36H39F3N4O/c1-6-36(38,39)29-11-9-10-27(21-29)30(15-14-23(2)3)33-24(4)20-28(22-40-33)35(44)42-18-16-26(17-19-42)34-41-31-12-7-8-13-32(31)43(34)25(5)37/h7-13,15,20-22,25-26H,2,6,14,16-19H2,1,3-5H3/b30-15-. The summed E-state index contributed by atoms with van der Waals surface area (Å²) in [5.41, 5.74) is 5.70. The molecule has 5 rings (SSSR count). The van der Waals surface area contributed by atoms with E-state index in [0.29, 0.717) is 49.2 Å². The predicted octanol–water partition coefficient (Wildman–Crippen LogP) is 9.15. The van der Waals surface area contributed by atoms with Crippen LogP contribution in [0, 0.1) is 6.92 Å². The number of likely N-dealkylation sites (tertiary alicyclic amines) is 1. The Morgan fingerprint density at radius 1 is 1.11 bits per heavy atom. The van der Waals surface area contributed by atoms with Gasteiger partial charge in [-0.25, -0.2) is 18.2 Å². The van der Waals surface area contributed by atoms with Crippen molar-refractivity contribution >= 4 is 22.5 Å². The summed E-state index contributed by atoms with van der Waals surface area (Å²) in [6.07, 6.45) is 3.96. The van der Waals surface area contributed by atoms with Gasteiger partial charge in [0.1, 0.15) is 5.82 Å². The molecule has 1 aliphatic rings. The van der Waals surface area contributed by atoms with Gasteiger partial charge in [0.25, 0.3) is 11.8 Å². The smallest absolute Gasteiger partial charge is 0.273 e. The summed E-state index contributed by atoms with van der Waals surface area (Å²) in [5, 5.41) is 0. The van der Waals surface area contributed by atoms with Crippen LogP contribution in [0.15, 0.2) is 79.0 Å². The molecule has 1 fully saturated rings. The van der Waals surface area contributed by atoms with E-state index in [4.69, 9.17) is 9.97 Å². The van der Waals surface area contributed by atoms with Gasteiger partial charge in [0.05, 0.1) is 22.3 Å². The number of fused-ring (bicyclic) bond motifs is 1. The van der Waals surface area contributed by atoms with Gasteiger partial charge in [-0.15, -0.1) is 0 Å². The van der Waals surface area contributed by atoms with E-state index in [1.807, 2.05) is 61.2 Å². The maximum Gasteiger partial charge on any atom is 0.273 e. The number of benzene rings is 2. The molecule has 1 unspecified atom stereocenters. The third kappa shape index (κ3) is 6.35. The van der Waals surface area contributed by atoms with E-state index in [-0.39, 0.29) is 23.8 Å². The molecule has 0 N–H and O–H groups in total. The number of carbonyl (C=O) groups excluding carboxylic acids is 1. The molecular formula is C36H39F3N4O.